The second-order valence-corrected chi connectivity index (χ2v) is 4.22. The van der Waals surface area contributed by atoms with E-state index in [-0.39, 0.29) is 12.1 Å². The molecule has 1 aromatic carbocycles. The predicted octanol–water partition coefficient (Wildman–Crippen LogP) is 2.40. The summed E-state index contributed by atoms with van der Waals surface area (Å²) in [4.78, 5) is 0. The molecule has 0 fully saturated rings. The van der Waals surface area contributed by atoms with Crippen LogP contribution in [0.2, 0.25) is 0 Å². The first-order valence-corrected chi connectivity index (χ1v) is 5.29. The summed E-state index contributed by atoms with van der Waals surface area (Å²) < 4.78 is 38.9. The number of hydrogen-bond donors (Lipinski definition) is 2. The molecule has 0 aromatic heterocycles. The summed E-state index contributed by atoms with van der Waals surface area (Å²) in [6.45, 7) is 3.10. The van der Waals surface area contributed by atoms with Crippen LogP contribution in [0.1, 0.15) is 23.1 Å². The quantitative estimate of drug-likeness (QED) is 0.861. The first-order valence-electron chi connectivity index (χ1n) is 5.29. The van der Waals surface area contributed by atoms with Gasteiger partial charge in [0.2, 0.25) is 0 Å². The van der Waals surface area contributed by atoms with Crippen LogP contribution in [0, 0.1) is 13.8 Å². The van der Waals surface area contributed by atoms with Crippen molar-refractivity contribution in [2.75, 3.05) is 6.54 Å². The third-order valence-electron chi connectivity index (χ3n) is 2.80. The average molecular weight is 247 g/mol. The number of alkyl halides is 3. The van der Waals surface area contributed by atoms with Crippen LogP contribution < -0.4 is 5.73 Å². The van der Waals surface area contributed by atoms with Crippen LogP contribution in [-0.4, -0.2) is 17.8 Å². The molecule has 0 saturated carbocycles. The number of nitrogens with two attached hydrogens (primary N) is 1. The average Bonchev–Trinajstić information content (AvgIpc) is 2.15. The van der Waals surface area contributed by atoms with Gasteiger partial charge in [-0.2, -0.15) is 13.2 Å². The fourth-order valence-corrected chi connectivity index (χ4v) is 1.92. The highest BCUT2D eigenvalue weighted by molar-refractivity contribution is 5.35. The van der Waals surface area contributed by atoms with Crippen LogP contribution in [-0.2, 0) is 5.60 Å². The lowest BCUT2D eigenvalue weighted by molar-refractivity contribution is -0.268. The number of aryl methyl sites for hydroxylation is 2. The summed E-state index contributed by atoms with van der Waals surface area (Å²) in [6, 6.07) is 4.48. The highest BCUT2D eigenvalue weighted by Crippen LogP contribution is 2.42. The van der Waals surface area contributed by atoms with E-state index in [4.69, 9.17) is 5.73 Å². The summed E-state index contributed by atoms with van der Waals surface area (Å²) in [5, 5.41) is 9.89. The van der Waals surface area contributed by atoms with Gasteiger partial charge in [0.15, 0.2) is 5.60 Å². The van der Waals surface area contributed by atoms with Gasteiger partial charge in [-0.3, -0.25) is 0 Å². The zero-order chi connectivity index (χ0) is 13.3. The molecule has 17 heavy (non-hydrogen) atoms. The maximum absolute atomic E-state index is 13.0. The van der Waals surface area contributed by atoms with Crippen LogP contribution in [0.25, 0.3) is 0 Å². The van der Waals surface area contributed by atoms with E-state index in [1.54, 1.807) is 26.0 Å². The largest absolute Gasteiger partial charge is 0.421 e. The summed E-state index contributed by atoms with van der Waals surface area (Å²) in [5.41, 5.74) is 3.45. The maximum atomic E-state index is 13.0. The van der Waals surface area contributed by atoms with E-state index in [1.807, 2.05) is 0 Å². The lowest BCUT2D eigenvalue weighted by Crippen LogP contribution is -2.44. The van der Waals surface area contributed by atoms with Gasteiger partial charge in [0.05, 0.1) is 0 Å². The first kappa shape index (κ1) is 14.0. The van der Waals surface area contributed by atoms with Gasteiger partial charge in [0.25, 0.3) is 0 Å². The maximum Gasteiger partial charge on any atom is 0.421 e. The molecule has 0 radical (unpaired) electrons. The normalized spacial score (nSPS) is 15.7. The first-order chi connectivity index (χ1) is 7.72. The van der Waals surface area contributed by atoms with Crippen molar-refractivity contribution in [1.29, 1.82) is 0 Å². The molecule has 1 atom stereocenters. The van der Waals surface area contributed by atoms with Gasteiger partial charge in [-0.15, -0.1) is 0 Å². The minimum atomic E-state index is -4.73. The Labute approximate surface area is 98.3 Å². The molecule has 1 aromatic rings. The molecule has 3 N–H and O–H groups in total. The van der Waals surface area contributed by atoms with E-state index in [0.29, 0.717) is 5.56 Å². The topological polar surface area (TPSA) is 46.2 Å². The van der Waals surface area contributed by atoms with Gasteiger partial charge < -0.3 is 10.8 Å². The van der Waals surface area contributed by atoms with E-state index < -0.39 is 18.2 Å². The second-order valence-electron chi connectivity index (χ2n) is 4.22. The van der Waals surface area contributed by atoms with Gasteiger partial charge in [-0.05, 0) is 31.5 Å². The lowest BCUT2D eigenvalue weighted by atomic mass is 9.86. The predicted molar refractivity (Wildman–Crippen MR) is 59.5 cm³/mol. The van der Waals surface area contributed by atoms with E-state index in [9.17, 15) is 18.3 Å². The SMILES string of the molecule is Cc1ccc(C(O)(CCN)C(F)(F)F)c(C)c1. The standard InChI is InChI=1S/C12H16F3NO/c1-8-3-4-10(9(2)7-8)11(17,5-6-16)12(13,14)15/h3-4,7,17H,5-6,16H2,1-2H3. The Kier molecular flexibility index (Phi) is 3.84. The molecular formula is C12H16F3NO. The van der Waals surface area contributed by atoms with Gasteiger partial charge >= 0.3 is 6.18 Å². The molecule has 0 saturated heterocycles. The summed E-state index contributed by atoms with van der Waals surface area (Å²) in [6.07, 6.45) is -5.27. The molecule has 1 rings (SSSR count). The number of halogens is 3. The third-order valence-corrected chi connectivity index (χ3v) is 2.80. The highest BCUT2D eigenvalue weighted by atomic mass is 19.4. The Hall–Kier alpha value is -1.07. The van der Waals surface area contributed by atoms with Gasteiger partial charge in [-0.25, -0.2) is 0 Å². The van der Waals surface area contributed by atoms with Crippen molar-refractivity contribution in [2.45, 2.75) is 32.0 Å². The summed E-state index contributed by atoms with van der Waals surface area (Å²) >= 11 is 0. The molecule has 96 valence electrons. The monoisotopic (exact) mass is 247 g/mol. The minimum Gasteiger partial charge on any atom is -0.376 e. The smallest absolute Gasteiger partial charge is 0.376 e. The second kappa shape index (κ2) is 4.66. The Morgan fingerprint density at radius 1 is 1.24 bits per heavy atom. The molecule has 0 aliphatic carbocycles. The molecule has 0 amide bonds. The molecule has 0 bridgehead atoms. The highest BCUT2D eigenvalue weighted by Gasteiger charge is 2.54. The fourth-order valence-electron chi connectivity index (χ4n) is 1.92. The minimum absolute atomic E-state index is 0.124. The van der Waals surface area contributed by atoms with Crippen LogP contribution >= 0.6 is 0 Å². The number of benzene rings is 1. The number of rotatable bonds is 3. The zero-order valence-electron chi connectivity index (χ0n) is 9.80. The summed E-state index contributed by atoms with van der Waals surface area (Å²) in [5.74, 6) is 0. The van der Waals surface area contributed by atoms with Crippen LogP contribution in [0.3, 0.4) is 0 Å². The zero-order valence-corrected chi connectivity index (χ0v) is 9.80. The molecular weight excluding hydrogens is 231 g/mol. The van der Waals surface area contributed by atoms with Crippen molar-refractivity contribution in [2.24, 2.45) is 5.73 Å². The number of aliphatic hydroxyl groups is 1. The van der Waals surface area contributed by atoms with Crippen molar-refractivity contribution in [3.05, 3.63) is 34.9 Å². The van der Waals surface area contributed by atoms with Gasteiger partial charge in [0.1, 0.15) is 0 Å². The Morgan fingerprint density at radius 3 is 2.24 bits per heavy atom. The van der Waals surface area contributed by atoms with Crippen LogP contribution in [0.4, 0.5) is 13.2 Å². The van der Waals surface area contributed by atoms with Gasteiger partial charge in [0, 0.05) is 6.42 Å². The Balaban J connectivity index is 3.32. The summed E-state index contributed by atoms with van der Waals surface area (Å²) in [7, 11) is 0. The molecule has 5 heteroatoms. The molecule has 0 spiro atoms. The molecule has 0 aliphatic rings. The van der Waals surface area contributed by atoms with Crippen LogP contribution in [0.15, 0.2) is 18.2 Å². The van der Waals surface area contributed by atoms with Crippen LogP contribution in [0.5, 0.6) is 0 Å². The van der Waals surface area contributed by atoms with Gasteiger partial charge in [-0.1, -0.05) is 23.8 Å². The van der Waals surface area contributed by atoms with Crippen molar-refractivity contribution >= 4 is 0 Å². The van der Waals surface area contributed by atoms with Crippen molar-refractivity contribution in [3.8, 4) is 0 Å². The van der Waals surface area contributed by atoms with Crippen molar-refractivity contribution in [1.82, 2.24) is 0 Å². The van der Waals surface area contributed by atoms with E-state index in [0.717, 1.165) is 5.56 Å². The Bertz CT molecular complexity index is 403. The van der Waals surface area contributed by atoms with E-state index >= 15 is 0 Å². The molecule has 2 nitrogen and oxygen atoms in total. The van der Waals surface area contributed by atoms with Crippen molar-refractivity contribution < 1.29 is 18.3 Å². The third kappa shape index (κ3) is 2.61. The van der Waals surface area contributed by atoms with E-state index in [1.165, 1.54) is 6.07 Å². The van der Waals surface area contributed by atoms with Crippen molar-refractivity contribution in [3.63, 3.8) is 0 Å². The number of hydrogen-bond acceptors (Lipinski definition) is 2. The van der Waals surface area contributed by atoms with E-state index in [2.05, 4.69) is 0 Å². The lowest BCUT2D eigenvalue weighted by Gasteiger charge is -2.32. The molecule has 1 unspecified atom stereocenters. The Morgan fingerprint density at radius 2 is 1.82 bits per heavy atom. The molecule has 0 heterocycles. The fraction of sp³-hybridized carbons (Fsp3) is 0.500. The molecule has 0 aliphatic heterocycles.